The van der Waals surface area contributed by atoms with E-state index in [1.807, 2.05) is 17.5 Å². The van der Waals surface area contributed by atoms with E-state index in [1.54, 1.807) is 11.6 Å². The largest absolute Gasteiger partial charge is 0.480 e. The van der Waals surface area contributed by atoms with E-state index in [0.29, 0.717) is 12.0 Å². The van der Waals surface area contributed by atoms with Crippen molar-refractivity contribution >= 4 is 23.6 Å². The van der Waals surface area contributed by atoms with Gasteiger partial charge in [-0.3, -0.25) is 4.79 Å². The fourth-order valence-corrected chi connectivity index (χ4v) is 3.35. The van der Waals surface area contributed by atoms with Crippen molar-refractivity contribution in [3.8, 4) is 0 Å². The van der Waals surface area contributed by atoms with Gasteiger partial charge in [-0.25, -0.2) is 4.98 Å². The van der Waals surface area contributed by atoms with Crippen LogP contribution in [0.1, 0.15) is 36.2 Å². The summed E-state index contributed by atoms with van der Waals surface area (Å²) in [4.78, 5) is 28.8. The normalized spacial score (nSPS) is 13.7. The zero-order valence-corrected chi connectivity index (χ0v) is 13.6. The molecule has 0 amide bonds. The lowest BCUT2D eigenvalue weighted by molar-refractivity contribution is -0.146. The SMILES string of the molecule is CCCCc1ncc(C(C=O)(Cc2cccs2)C(=O)O)n1C. The van der Waals surface area contributed by atoms with Gasteiger partial charge in [0.15, 0.2) is 5.41 Å². The summed E-state index contributed by atoms with van der Waals surface area (Å²) in [6.07, 6.45) is 5.01. The quantitative estimate of drug-likeness (QED) is 0.599. The Kier molecular flexibility index (Phi) is 5.13. The number of hydrogen-bond donors (Lipinski definition) is 1. The second-order valence-corrected chi connectivity index (χ2v) is 6.40. The van der Waals surface area contributed by atoms with Crippen molar-refractivity contribution in [3.63, 3.8) is 0 Å². The van der Waals surface area contributed by atoms with Crippen molar-refractivity contribution in [3.05, 3.63) is 40.1 Å². The molecule has 5 nitrogen and oxygen atoms in total. The Labute approximate surface area is 133 Å². The summed E-state index contributed by atoms with van der Waals surface area (Å²) in [6, 6.07) is 3.70. The minimum Gasteiger partial charge on any atom is -0.480 e. The van der Waals surface area contributed by atoms with Crippen LogP contribution in [-0.4, -0.2) is 26.9 Å². The molecule has 118 valence electrons. The van der Waals surface area contributed by atoms with Gasteiger partial charge in [-0.05, 0) is 17.9 Å². The topological polar surface area (TPSA) is 72.2 Å². The van der Waals surface area contributed by atoms with Crippen LogP contribution >= 0.6 is 11.3 Å². The second-order valence-electron chi connectivity index (χ2n) is 5.37. The third kappa shape index (κ3) is 2.97. The number of rotatable bonds is 8. The van der Waals surface area contributed by atoms with Crippen LogP contribution in [0.3, 0.4) is 0 Å². The second kappa shape index (κ2) is 6.87. The summed E-state index contributed by atoms with van der Waals surface area (Å²) < 4.78 is 1.76. The number of carbonyl (C=O) groups is 2. The van der Waals surface area contributed by atoms with E-state index in [4.69, 9.17) is 0 Å². The zero-order chi connectivity index (χ0) is 16.2. The van der Waals surface area contributed by atoms with E-state index in [9.17, 15) is 14.7 Å². The highest BCUT2D eigenvalue weighted by molar-refractivity contribution is 7.09. The van der Waals surface area contributed by atoms with Gasteiger partial charge in [0.05, 0.1) is 11.9 Å². The summed E-state index contributed by atoms with van der Waals surface area (Å²) in [7, 11) is 1.78. The molecule has 0 spiro atoms. The van der Waals surface area contributed by atoms with Gasteiger partial charge in [0, 0.05) is 24.8 Å². The van der Waals surface area contributed by atoms with Gasteiger partial charge in [-0.15, -0.1) is 11.3 Å². The number of imidazole rings is 1. The molecular weight excluding hydrogens is 300 g/mol. The van der Waals surface area contributed by atoms with Gasteiger partial charge in [0.1, 0.15) is 12.1 Å². The molecule has 0 fully saturated rings. The summed E-state index contributed by atoms with van der Waals surface area (Å²) in [5.41, 5.74) is -1.15. The standard InChI is InChI=1S/C16H20N2O3S/c1-3-4-7-14-17-10-13(18(14)2)16(11-19,15(20)21)9-12-6-5-8-22-12/h5-6,8,10-11H,3-4,7,9H2,1-2H3,(H,20,21). The molecule has 2 rings (SSSR count). The number of unbranched alkanes of at least 4 members (excludes halogenated alkanes) is 1. The number of hydrogen-bond acceptors (Lipinski definition) is 4. The van der Waals surface area contributed by atoms with E-state index >= 15 is 0 Å². The van der Waals surface area contributed by atoms with E-state index in [0.717, 1.165) is 30.0 Å². The molecule has 0 aromatic carbocycles. The van der Waals surface area contributed by atoms with Gasteiger partial charge in [0.25, 0.3) is 0 Å². The smallest absolute Gasteiger partial charge is 0.323 e. The van der Waals surface area contributed by atoms with Gasteiger partial charge in [-0.2, -0.15) is 0 Å². The van der Waals surface area contributed by atoms with Crippen LogP contribution in [0.5, 0.6) is 0 Å². The number of nitrogens with zero attached hydrogens (tertiary/aromatic N) is 2. The maximum absolute atomic E-state index is 11.9. The van der Waals surface area contributed by atoms with Gasteiger partial charge >= 0.3 is 5.97 Å². The Bertz CT molecular complexity index is 648. The average molecular weight is 320 g/mol. The Morgan fingerprint density at radius 1 is 1.55 bits per heavy atom. The van der Waals surface area contributed by atoms with Crippen molar-refractivity contribution in [2.24, 2.45) is 7.05 Å². The molecule has 2 aromatic heterocycles. The molecule has 1 unspecified atom stereocenters. The van der Waals surface area contributed by atoms with Crippen molar-refractivity contribution in [1.82, 2.24) is 9.55 Å². The van der Waals surface area contributed by atoms with Crippen LogP contribution in [0.4, 0.5) is 0 Å². The highest BCUT2D eigenvalue weighted by atomic mass is 32.1. The van der Waals surface area contributed by atoms with Crippen LogP contribution in [0.15, 0.2) is 23.7 Å². The Morgan fingerprint density at radius 2 is 2.32 bits per heavy atom. The van der Waals surface area contributed by atoms with Crippen LogP contribution in [0.25, 0.3) is 0 Å². The van der Waals surface area contributed by atoms with Crippen LogP contribution in [0, 0.1) is 0 Å². The van der Waals surface area contributed by atoms with Crippen molar-refractivity contribution in [2.75, 3.05) is 0 Å². The Balaban J connectivity index is 2.43. The number of carboxylic acids is 1. The zero-order valence-electron chi connectivity index (χ0n) is 12.8. The molecule has 1 N–H and O–H groups in total. The summed E-state index contributed by atoms with van der Waals surface area (Å²) in [6.45, 7) is 2.09. The van der Waals surface area contributed by atoms with E-state index in [-0.39, 0.29) is 6.42 Å². The molecular formula is C16H20N2O3S. The monoisotopic (exact) mass is 320 g/mol. The number of aromatic nitrogens is 2. The number of carboxylic acid groups (broad SMARTS) is 1. The highest BCUT2D eigenvalue weighted by Gasteiger charge is 2.43. The summed E-state index contributed by atoms with van der Waals surface area (Å²) in [5.74, 6) is -0.323. The maximum Gasteiger partial charge on any atom is 0.323 e. The first kappa shape index (κ1) is 16.4. The van der Waals surface area contributed by atoms with Crippen LogP contribution in [0.2, 0.25) is 0 Å². The van der Waals surface area contributed by atoms with Crippen molar-refractivity contribution in [2.45, 2.75) is 38.0 Å². The maximum atomic E-state index is 11.9. The minimum absolute atomic E-state index is 0.149. The molecule has 1 atom stereocenters. The van der Waals surface area contributed by atoms with E-state index in [2.05, 4.69) is 11.9 Å². The van der Waals surface area contributed by atoms with Crippen LogP contribution < -0.4 is 0 Å². The fraction of sp³-hybridized carbons (Fsp3) is 0.438. The first-order valence-electron chi connectivity index (χ1n) is 7.28. The molecule has 2 aromatic rings. The Morgan fingerprint density at radius 3 is 2.86 bits per heavy atom. The highest BCUT2D eigenvalue weighted by Crippen LogP contribution is 2.29. The Hall–Kier alpha value is -1.95. The molecule has 6 heteroatoms. The number of aliphatic carboxylic acids is 1. The van der Waals surface area contributed by atoms with Crippen molar-refractivity contribution < 1.29 is 14.7 Å². The number of aryl methyl sites for hydroxylation is 1. The van der Waals surface area contributed by atoms with Crippen LogP contribution in [-0.2, 0) is 34.9 Å². The minimum atomic E-state index is -1.59. The lowest BCUT2D eigenvalue weighted by Gasteiger charge is -2.23. The van der Waals surface area contributed by atoms with Gasteiger partial charge in [0.2, 0.25) is 0 Å². The molecule has 0 aliphatic rings. The third-order valence-corrected chi connectivity index (χ3v) is 4.79. The van der Waals surface area contributed by atoms with Gasteiger partial charge < -0.3 is 14.5 Å². The summed E-state index contributed by atoms with van der Waals surface area (Å²) in [5, 5.41) is 11.6. The van der Waals surface area contributed by atoms with E-state index < -0.39 is 11.4 Å². The molecule has 2 heterocycles. The molecule has 22 heavy (non-hydrogen) atoms. The first-order chi connectivity index (χ1) is 10.5. The number of carbonyl (C=O) groups excluding carboxylic acids is 1. The predicted octanol–water partition coefficient (Wildman–Crippen LogP) is 2.59. The molecule has 0 aliphatic heterocycles. The van der Waals surface area contributed by atoms with E-state index in [1.165, 1.54) is 17.5 Å². The summed E-state index contributed by atoms with van der Waals surface area (Å²) >= 11 is 1.45. The molecule has 0 saturated carbocycles. The molecule has 0 radical (unpaired) electrons. The number of aldehydes is 1. The average Bonchev–Trinajstić information content (AvgIpc) is 3.13. The lowest BCUT2D eigenvalue weighted by Crippen LogP contribution is -2.41. The third-order valence-electron chi connectivity index (χ3n) is 3.91. The number of thiophene rings is 1. The molecule has 0 bridgehead atoms. The lowest BCUT2D eigenvalue weighted by atomic mass is 9.82. The van der Waals surface area contributed by atoms with Crippen molar-refractivity contribution in [1.29, 1.82) is 0 Å². The fourth-order valence-electron chi connectivity index (χ4n) is 2.55. The first-order valence-corrected chi connectivity index (χ1v) is 8.16. The molecule has 0 saturated heterocycles. The van der Waals surface area contributed by atoms with Gasteiger partial charge in [-0.1, -0.05) is 19.4 Å². The molecule has 0 aliphatic carbocycles. The predicted molar refractivity (Wildman–Crippen MR) is 85.2 cm³/mol.